The maximum atomic E-state index is 10.0. The fraction of sp³-hybridized carbons (Fsp3) is 0.625. The van der Waals surface area contributed by atoms with E-state index in [0.29, 0.717) is 19.8 Å². The van der Waals surface area contributed by atoms with E-state index in [1.54, 1.807) is 0 Å². The van der Waals surface area contributed by atoms with Crippen LogP contribution in [0.1, 0.15) is 19.4 Å². The summed E-state index contributed by atoms with van der Waals surface area (Å²) in [7, 11) is 0. The quantitative estimate of drug-likeness (QED) is 0.873. The van der Waals surface area contributed by atoms with E-state index in [4.69, 9.17) is 9.47 Å². The first-order chi connectivity index (χ1) is 9.63. The molecule has 1 saturated heterocycles. The lowest BCUT2D eigenvalue weighted by Gasteiger charge is -2.36. The molecule has 1 aliphatic heterocycles. The molecule has 3 atom stereocenters. The van der Waals surface area contributed by atoms with Crippen LogP contribution in [-0.4, -0.2) is 54.6 Å². The molecule has 5 heteroatoms. The van der Waals surface area contributed by atoms with Crippen molar-refractivity contribution in [2.45, 2.75) is 38.8 Å². The summed E-state index contributed by atoms with van der Waals surface area (Å²) in [6.45, 7) is 7.46. The van der Waals surface area contributed by atoms with Gasteiger partial charge in [0.1, 0.15) is 0 Å². The Balaban J connectivity index is 0.00000220. The number of morpholine rings is 1. The molecule has 21 heavy (non-hydrogen) atoms. The first kappa shape index (κ1) is 18.4. The van der Waals surface area contributed by atoms with Gasteiger partial charge in [0, 0.05) is 19.6 Å². The summed E-state index contributed by atoms with van der Waals surface area (Å²) in [4.78, 5) is 2.25. The Labute approximate surface area is 133 Å². The van der Waals surface area contributed by atoms with Crippen molar-refractivity contribution < 1.29 is 14.6 Å². The van der Waals surface area contributed by atoms with Gasteiger partial charge < -0.3 is 14.6 Å². The highest BCUT2D eigenvalue weighted by Crippen LogP contribution is 2.11. The molecule has 1 heterocycles. The fourth-order valence-corrected chi connectivity index (χ4v) is 2.67. The predicted octanol–water partition coefficient (Wildman–Crippen LogP) is 2.10. The zero-order valence-electron chi connectivity index (χ0n) is 12.8. The molecule has 0 bridgehead atoms. The lowest BCUT2D eigenvalue weighted by molar-refractivity contribution is -0.0826. The minimum Gasteiger partial charge on any atom is -0.389 e. The first-order valence-electron chi connectivity index (χ1n) is 7.31. The molecule has 0 spiro atoms. The largest absolute Gasteiger partial charge is 0.389 e. The SMILES string of the molecule is CC1CN(CC(O)COCc2ccccc2)CC(C)O1.Cl. The molecule has 0 aromatic heterocycles. The molecule has 0 amide bonds. The number of nitrogens with zero attached hydrogens (tertiary/aromatic N) is 1. The molecule has 1 fully saturated rings. The second-order valence-corrected chi connectivity index (χ2v) is 5.63. The Morgan fingerprint density at radius 1 is 1.24 bits per heavy atom. The van der Waals surface area contributed by atoms with Gasteiger partial charge in [0.25, 0.3) is 0 Å². The molecule has 1 aromatic rings. The first-order valence-corrected chi connectivity index (χ1v) is 7.31. The monoisotopic (exact) mass is 315 g/mol. The third-order valence-corrected chi connectivity index (χ3v) is 3.39. The topological polar surface area (TPSA) is 41.9 Å². The molecular formula is C16H26ClNO3. The van der Waals surface area contributed by atoms with Crippen molar-refractivity contribution in [2.24, 2.45) is 0 Å². The van der Waals surface area contributed by atoms with Crippen LogP contribution in [0.4, 0.5) is 0 Å². The van der Waals surface area contributed by atoms with E-state index in [9.17, 15) is 5.11 Å². The Bertz CT molecular complexity index is 380. The molecule has 120 valence electrons. The van der Waals surface area contributed by atoms with Crippen LogP contribution >= 0.6 is 12.4 Å². The summed E-state index contributed by atoms with van der Waals surface area (Å²) in [5.74, 6) is 0. The average molecular weight is 316 g/mol. The van der Waals surface area contributed by atoms with Crippen LogP contribution < -0.4 is 0 Å². The summed E-state index contributed by atoms with van der Waals surface area (Å²) in [5.41, 5.74) is 1.13. The molecular weight excluding hydrogens is 290 g/mol. The second kappa shape index (κ2) is 9.38. The van der Waals surface area contributed by atoms with Crippen LogP contribution in [0.25, 0.3) is 0 Å². The fourth-order valence-electron chi connectivity index (χ4n) is 2.67. The Morgan fingerprint density at radius 2 is 1.86 bits per heavy atom. The van der Waals surface area contributed by atoms with Crippen molar-refractivity contribution in [2.75, 3.05) is 26.2 Å². The van der Waals surface area contributed by atoms with E-state index in [1.165, 1.54) is 0 Å². The number of aliphatic hydroxyl groups excluding tert-OH is 1. The number of hydrogen-bond acceptors (Lipinski definition) is 4. The van der Waals surface area contributed by atoms with E-state index in [0.717, 1.165) is 18.7 Å². The third-order valence-electron chi connectivity index (χ3n) is 3.39. The number of benzene rings is 1. The van der Waals surface area contributed by atoms with Gasteiger partial charge in [0.05, 0.1) is 31.5 Å². The molecule has 1 aliphatic rings. The highest BCUT2D eigenvalue weighted by Gasteiger charge is 2.23. The standard InChI is InChI=1S/C16H25NO3.ClH/c1-13-8-17(9-14(2)20-13)10-16(18)12-19-11-15-6-4-3-5-7-15;/h3-7,13-14,16,18H,8-12H2,1-2H3;1H. The predicted molar refractivity (Wildman–Crippen MR) is 85.8 cm³/mol. The summed E-state index contributed by atoms with van der Waals surface area (Å²) in [6.07, 6.45) is 0.0172. The normalized spacial score (nSPS) is 24.3. The van der Waals surface area contributed by atoms with Gasteiger partial charge in [-0.05, 0) is 19.4 Å². The van der Waals surface area contributed by atoms with Gasteiger partial charge in [-0.3, -0.25) is 4.90 Å². The number of rotatable bonds is 6. The van der Waals surface area contributed by atoms with Crippen molar-refractivity contribution >= 4 is 12.4 Å². The third kappa shape index (κ3) is 6.76. The minimum absolute atomic E-state index is 0. The van der Waals surface area contributed by atoms with E-state index in [-0.39, 0.29) is 24.6 Å². The van der Waals surface area contributed by atoms with Crippen LogP contribution in [-0.2, 0) is 16.1 Å². The lowest BCUT2D eigenvalue weighted by atomic mass is 10.2. The molecule has 2 rings (SSSR count). The van der Waals surface area contributed by atoms with Crippen LogP contribution in [0.2, 0.25) is 0 Å². The van der Waals surface area contributed by atoms with Crippen molar-refractivity contribution in [3.8, 4) is 0 Å². The van der Waals surface area contributed by atoms with E-state index >= 15 is 0 Å². The number of aliphatic hydroxyl groups is 1. The van der Waals surface area contributed by atoms with Crippen LogP contribution in [0.5, 0.6) is 0 Å². The maximum absolute atomic E-state index is 10.0. The summed E-state index contributed by atoms with van der Waals surface area (Å²) >= 11 is 0. The molecule has 4 nitrogen and oxygen atoms in total. The van der Waals surface area contributed by atoms with Crippen LogP contribution in [0, 0.1) is 0 Å². The van der Waals surface area contributed by atoms with Gasteiger partial charge >= 0.3 is 0 Å². The maximum Gasteiger partial charge on any atom is 0.0900 e. The zero-order chi connectivity index (χ0) is 14.4. The van der Waals surface area contributed by atoms with Crippen molar-refractivity contribution in [1.82, 2.24) is 4.90 Å². The van der Waals surface area contributed by atoms with Crippen LogP contribution in [0.3, 0.4) is 0 Å². The molecule has 1 N–H and O–H groups in total. The van der Waals surface area contributed by atoms with Gasteiger partial charge in [0.2, 0.25) is 0 Å². The summed E-state index contributed by atoms with van der Waals surface area (Å²) in [6, 6.07) is 10.0. The van der Waals surface area contributed by atoms with Gasteiger partial charge in [-0.15, -0.1) is 12.4 Å². The number of ether oxygens (including phenoxy) is 2. The number of halogens is 1. The van der Waals surface area contributed by atoms with E-state index in [2.05, 4.69) is 18.7 Å². The Kier molecular flexibility index (Phi) is 8.22. The molecule has 3 unspecified atom stereocenters. The summed E-state index contributed by atoms with van der Waals surface area (Å²) in [5, 5.41) is 10.0. The minimum atomic E-state index is -0.448. The van der Waals surface area contributed by atoms with E-state index in [1.807, 2.05) is 30.3 Å². The average Bonchev–Trinajstić information content (AvgIpc) is 2.38. The molecule has 0 radical (unpaired) electrons. The molecule has 0 saturated carbocycles. The zero-order valence-corrected chi connectivity index (χ0v) is 13.6. The number of β-amino-alcohol motifs (C(OH)–C–C–N with tert-alkyl or cyclic N) is 1. The highest BCUT2D eigenvalue weighted by atomic mass is 35.5. The van der Waals surface area contributed by atoms with Crippen molar-refractivity contribution in [3.63, 3.8) is 0 Å². The second-order valence-electron chi connectivity index (χ2n) is 5.63. The highest BCUT2D eigenvalue weighted by molar-refractivity contribution is 5.85. The van der Waals surface area contributed by atoms with Gasteiger partial charge in [0.15, 0.2) is 0 Å². The Hall–Kier alpha value is -0.650. The lowest BCUT2D eigenvalue weighted by Crippen LogP contribution is -2.48. The number of hydrogen-bond donors (Lipinski definition) is 1. The van der Waals surface area contributed by atoms with Crippen LogP contribution in [0.15, 0.2) is 30.3 Å². The Morgan fingerprint density at radius 3 is 2.48 bits per heavy atom. The smallest absolute Gasteiger partial charge is 0.0900 e. The van der Waals surface area contributed by atoms with Gasteiger partial charge in [-0.1, -0.05) is 30.3 Å². The molecule has 1 aromatic carbocycles. The summed E-state index contributed by atoms with van der Waals surface area (Å²) < 4.78 is 11.3. The van der Waals surface area contributed by atoms with Crippen molar-refractivity contribution in [3.05, 3.63) is 35.9 Å². The van der Waals surface area contributed by atoms with E-state index < -0.39 is 6.10 Å². The van der Waals surface area contributed by atoms with Crippen molar-refractivity contribution in [1.29, 1.82) is 0 Å². The molecule has 0 aliphatic carbocycles. The van der Waals surface area contributed by atoms with Gasteiger partial charge in [-0.25, -0.2) is 0 Å². The van der Waals surface area contributed by atoms with Gasteiger partial charge in [-0.2, -0.15) is 0 Å².